The summed E-state index contributed by atoms with van der Waals surface area (Å²) in [6, 6.07) is 7.89. The van der Waals surface area contributed by atoms with Crippen molar-refractivity contribution in [2.24, 2.45) is 12.8 Å². The van der Waals surface area contributed by atoms with Crippen molar-refractivity contribution in [1.29, 1.82) is 0 Å². The van der Waals surface area contributed by atoms with Crippen LogP contribution in [-0.4, -0.2) is 19.7 Å². The van der Waals surface area contributed by atoms with Gasteiger partial charge in [-0.3, -0.25) is 4.68 Å². The van der Waals surface area contributed by atoms with Gasteiger partial charge in [0.15, 0.2) is 5.82 Å². The quantitative estimate of drug-likeness (QED) is 0.695. The molecule has 3 aromatic rings. The third-order valence-corrected chi connectivity index (χ3v) is 2.77. The predicted molar refractivity (Wildman–Crippen MR) is 66.2 cm³/mol. The molecule has 0 spiro atoms. The summed E-state index contributed by atoms with van der Waals surface area (Å²) in [4.78, 5) is 7.81. The van der Waals surface area contributed by atoms with Gasteiger partial charge < -0.3 is 10.7 Å². The third kappa shape index (κ3) is 1.60. The zero-order chi connectivity index (χ0) is 11.8. The number of fused-ring (bicyclic) bond motifs is 1. The summed E-state index contributed by atoms with van der Waals surface area (Å²) in [6.07, 6.45) is 1.90. The van der Waals surface area contributed by atoms with Crippen LogP contribution in [0.1, 0.15) is 5.56 Å². The van der Waals surface area contributed by atoms with E-state index in [1.807, 2.05) is 37.5 Å². The topological polar surface area (TPSA) is 72.5 Å². The van der Waals surface area contributed by atoms with Crippen LogP contribution in [0.3, 0.4) is 0 Å². The minimum Gasteiger partial charge on any atom is -0.337 e. The number of aryl methyl sites for hydroxylation is 1. The number of rotatable bonds is 2. The maximum absolute atomic E-state index is 5.69. The second-order valence-corrected chi connectivity index (χ2v) is 3.98. The van der Waals surface area contributed by atoms with E-state index in [0.29, 0.717) is 6.54 Å². The van der Waals surface area contributed by atoms with Crippen LogP contribution in [0.2, 0.25) is 0 Å². The lowest BCUT2D eigenvalue weighted by atomic mass is 10.2. The van der Waals surface area contributed by atoms with E-state index in [4.69, 9.17) is 5.73 Å². The molecular formula is C12H13N5. The second-order valence-electron chi connectivity index (χ2n) is 3.98. The second kappa shape index (κ2) is 3.71. The molecule has 0 aliphatic heterocycles. The van der Waals surface area contributed by atoms with Gasteiger partial charge in [0.1, 0.15) is 5.69 Å². The van der Waals surface area contributed by atoms with Gasteiger partial charge in [-0.1, -0.05) is 12.1 Å². The van der Waals surface area contributed by atoms with Crippen molar-refractivity contribution < 1.29 is 0 Å². The SMILES string of the molecule is Cn1ccc(-c2nc3c(CN)cccc3[nH]2)n1. The Bertz CT molecular complexity index is 664. The van der Waals surface area contributed by atoms with Gasteiger partial charge in [-0.2, -0.15) is 5.10 Å². The number of nitrogens with zero attached hydrogens (tertiary/aromatic N) is 3. The molecule has 0 atom stereocenters. The van der Waals surface area contributed by atoms with E-state index in [-0.39, 0.29) is 0 Å². The third-order valence-electron chi connectivity index (χ3n) is 2.77. The molecule has 86 valence electrons. The Kier molecular flexibility index (Phi) is 2.19. The lowest BCUT2D eigenvalue weighted by molar-refractivity contribution is 0.769. The van der Waals surface area contributed by atoms with Gasteiger partial charge in [0.25, 0.3) is 0 Å². The number of H-pyrrole nitrogens is 1. The maximum atomic E-state index is 5.69. The summed E-state index contributed by atoms with van der Waals surface area (Å²) in [6.45, 7) is 0.490. The summed E-state index contributed by atoms with van der Waals surface area (Å²) in [5.41, 5.74) is 9.50. The molecule has 0 saturated carbocycles. The summed E-state index contributed by atoms with van der Waals surface area (Å²) >= 11 is 0. The molecule has 1 aromatic carbocycles. The fourth-order valence-corrected chi connectivity index (χ4v) is 1.92. The minimum absolute atomic E-state index is 0.490. The summed E-state index contributed by atoms with van der Waals surface area (Å²) in [5, 5.41) is 4.32. The molecule has 0 radical (unpaired) electrons. The molecule has 2 heterocycles. The highest BCUT2D eigenvalue weighted by atomic mass is 15.3. The average molecular weight is 227 g/mol. The predicted octanol–water partition coefficient (Wildman–Crippen LogP) is 1.42. The van der Waals surface area contributed by atoms with Gasteiger partial charge in [0, 0.05) is 19.8 Å². The van der Waals surface area contributed by atoms with Gasteiger partial charge >= 0.3 is 0 Å². The first-order chi connectivity index (χ1) is 8.28. The standard InChI is InChI=1S/C12H13N5/c1-17-6-5-10(16-17)12-14-9-4-2-3-8(7-13)11(9)15-12/h2-6H,7,13H2,1H3,(H,14,15). The maximum Gasteiger partial charge on any atom is 0.159 e. The van der Waals surface area contributed by atoms with Crippen molar-refractivity contribution in [3.8, 4) is 11.5 Å². The molecule has 3 N–H and O–H groups in total. The fourth-order valence-electron chi connectivity index (χ4n) is 1.92. The molecule has 17 heavy (non-hydrogen) atoms. The van der Waals surface area contributed by atoms with E-state index in [9.17, 15) is 0 Å². The number of para-hydroxylation sites is 1. The van der Waals surface area contributed by atoms with Crippen molar-refractivity contribution in [1.82, 2.24) is 19.7 Å². The number of aromatic amines is 1. The van der Waals surface area contributed by atoms with Crippen molar-refractivity contribution in [3.05, 3.63) is 36.0 Å². The normalized spacial score (nSPS) is 11.2. The van der Waals surface area contributed by atoms with Crippen LogP contribution >= 0.6 is 0 Å². The Hall–Kier alpha value is -2.14. The van der Waals surface area contributed by atoms with E-state index in [0.717, 1.165) is 28.1 Å². The number of nitrogens with two attached hydrogens (primary N) is 1. The summed E-state index contributed by atoms with van der Waals surface area (Å²) in [7, 11) is 1.89. The zero-order valence-corrected chi connectivity index (χ0v) is 9.51. The number of hydrogen-bond donors (Lipinski definition) is 2. The highest BCUT2D eigenvalue weighted by Gasteiger charge is 2.09. The Morgan fingerprint density at radius 1 is 1.35 bits per heavy atom. The van der Waals surface area contributed by atoms with Crippen molar-refractivity contribution >= 4 is 11.0 Å². The molecule has 0 amide bonds. The fraction of sp³-hybridized carbons (Fsp3) is 0.167. The van der Waals surface area contributed by atoms with E-state index in [1.54, 1.807) is 4.68 Å². The minimum atomic E-state index is 0.490. The highest BCUT2D eigenvalue weighted by Crippen LogP contribution is 2.21. The van der Waals surface area contributed by atoms with Gasteiger partial charge in [-0.15, -0.1) is 0 Å². The molecule has 2 aromatic heterocycles. The van der Waals surface area contributed by atoms with Gasteiger partial charge in [-0.05, 0) is 17.7 Å². The average Bonchev–Trinajstić information content (AvgIpc) is 2.93. The van der Waals surface area contributed by atoms with Crippen LogP contribution in [0.5, 0.6) is 0 Å². The van der Waals surface area contributed by atoms with Crippen LogP contribution in [0.15, 0.2) is 30.5 Å². The molecule has 3 rings (SSSR count). The Morgan fingerprint density at radius 3 is 2.94 bits per heavy atom. The first-order valence-electron chi connectivity index (χ1n) is 5.45. The Balaban J connectivity index is 2.19. The molecule has 0 fully saturated rings. The van der Waals surface area contributed by atoms with Gasteiger partial charge in [-0.25, -0.2) is 4.98 Å². The van der Waals surface area contributed by atoms with E-state index in [2.05, 4.69) is 15.1 Å². The van der Waals surface area contributed by atoms with Crippen LogP contribution in [0.4, 0.5) is 0 Å². The van der Waals surface area contributed by atoms with Crippen molar-refractivity contribution in [3.63, 3.8) is 0 Å². The molecule has 0 bridgehead atoms. The molecule has 5 heteroatoms. The number of hydrogen-bond acceptors (Lipinski definition) is 3. The summed E-state index contributed by atoms with van der Waals surface area (Å²) < 4.78 is 1.76. The summed E-state index contributed by atoms with van der Waals surface area (Å²) in [5.74, 6) is 0.779. The van der Waals surface area contributed by atoms with E-state index >= 15 is 0 Å². The molecule has 0 aliphatic rings. The lowest BCUT2D eigenvalue weighted by Gasteiger charge is -1.95. The zero-order valence-electron chi connectivity index (χ0n) is 9.51. The first-order valence-corrected chi connectivity index (χ1v) is 5.45. The van der Waals surface area contributed by atoms with Gasteiger partial charge in [0.2, 0.25) is 0 Å². The largest absolute Gasteiger partial charge is 0.337 e. The molecule has 0 unspecified atom stereocenters. The van der Waals surface area contributed by atoms with Crippen LogP contribution in [-0.2, 0) is 13.6 Å². The Morgan fingerprint density at radius 2 is 2.24 bits per heavy atom. The molecule has 0 saturated heterocycles. The highest BCUT2D eigenvalue weighted by molar-refractivity contribution is 5.81. The van der Waals surface area contributed by atoms with Crippen molar-refractivity contribution in [2.45, 2.75) is 6.54 Å². The number of imidazole rings is 1. The van der Waals surface area contributed by atoms with Crippen LogP contribution < -0.4 is 5.73 Å². The Labute approximate surface area is 98.3 Å². The lowest BCUT2D eigenvalue weighted by Crippen LogP contribution is -1.96. The van der Waals surface area contributed by atoms with Crippen molar-refractivity contribution in [2.75, 3.05) is 0 Å². The molecule has 0 aliphatic carbocycles. The number of benzene rings is 1. The van der Waals surface area contributed by atoms with Crippen LogP contribution in [0.25, 0.3) is 22.6 Å². The van der Waals surface area contributed by atoms with E-state index in [1.165, 1.54) is 0 Å². The molecule has 5 nitrogen and oxygen atoms in total. The smallest absolute Gasteiger partial charge is 0.159 e. The monoisotopic (exact) mass is 227 g/mol. The first kappa shape index (κ1) is 10.0. The van der Waals surface area contributed by atoms with E-state index < -0.39 is 0 Å². The van der Waals surface area contributed by atoms with Crippen LogP contribution in [0, 0.1) is 0 Å². The number of aromatic nitrogens is 4. The number of nitrogens with one attached hydrogen (secondary N) is 1. The molecular weight excluding hydrogens is 214 g/mol. The van der Waals surface area contributed by atoms with Gasteiger partial charge in [0.05, 0.1) is 11.0 Å².